The van der Waals surface area contributed by atoms with Gasteiger partial charge in [0.15, 0.2) is 27.8 Å². The Hall–Kier alpha value is -3.50. The van der Waals surface area contributed by atoms with E-state index in [1.165, 1.54) is 11.8 Å². The highest BCUT2D eigenvalue weighted by molar-refractivity contribution is 9.10. The number of nitrogens with zero attached hydrogens (tertiary/aromatic N) is 2. The van der Waals surface area contributed by atoms with Gasteiger partial charge in [-0.25, -0.2) is 4.98 Å². The lowest BCUT2D eigenvalue weighted by Gasteiger charge is -2.23. The van der Waals surface area contributed by atoms with Crippen LogP contribution in [-0.2, 0) is 0 Å². The minimum absolute atomic E-state index is 0.0442. The second-order valence-corrected chi connectivity index (χ2v) is 11.6. The normalized spacial score (nSPS) is 14.6. The van der Waals surface area contributed by atoms with Gasteiger partial charge in [0.25, 0.3) is 5.91 Å². The van der Waals surface area contributed by atoms with E-state index < -0.39 is 11.9 Å². The molecule has 0 saturated carbocycles. The summed E-state index contributed by atoms with van der Waals surface area (Å²) in [5.41, 5.74) is 1.36. The number of fused-ring (bicyclic) bond motifs is 2. The maximum absolute atomic E-state index is 13.9. The Morgan fingerprint density at radius 3 is 2.62 bits per heavy atom. The SMILES string of the molecule is CCCCCCOc1ccc(C2c3c(oc4ccc(Br)cc4c3=O)C(=O)N2c2nc(C)c(C(C)=O)s2)cc1OC. The second-order valence-electron chi connectivity index (χ2n) is 9.68. The van der Waals surface area contributed by atoms with E-state index >= 15 is 0 Å². The fourth-order valence-electron chi connectivity index (χ4n) is 4.95. The number of Topliss-reactive ketones (excluding diaryl/α,β-unsaturated/α-hetero) is 1. The molecule has 5 rings (SSSR count). The largest absolute Gasteiger partial charge is 0.493 e. The van der Waals surface area contributed by atoms with E-state index in [1.807, 2.05) is 6.07 Å². The number of thiazole rings is 1. The first kappa shape index (κ1) is 28.0. The van der Waals surface area contributed by atoms with Crippen LogP contribution in [0, 0.1) is 6.92 Å². The summed E-state index contributed by atoms with van der Waals surface area (Å²) in [4.78, 5) is 46.5. The molecule has 0 spiro atoms. The molecule has 0 bridgehead atoms. The minimum Gasteiger partial charge on any atom is -0.493 e. The molecule has 2 aromatic heterocycles. The number of unbranched alkanes of at least 4 members (excludes halogenated alkanes) is 3. The van der Waals surface area contributed by atoms with Crippen molar-refractivity contribution in [3.8, 4) is 11.5 Å². The van der Waals surface area contributed by atoms with Crippen LogP contribution in [-0.4, -0.2) is 30.4 Å². The van der Waals surface area contributed by atoms with Gasteiger partial charge >= 0.3 is 0 Å². The van der Waals surface area contributed by atoms with Gasteiger partial charge in [0.1, 0.15) is 5.58 Å². The van der Waals surface area contributed by atoms with E-state index in [-0.39, 0.29) is 22.5 Å². The van der Waals surface area contributed by atoms with Crippen LogP contribution in [0.15, 0.2) is 50.1 Å². The highest BCUT2D eigenvalue weighted by atomic mass is 79.9. The summed E-state index contributed by atoms with van der Waals surface area (Å²) < 4.78 is 18.4. The van der Waals surface area contributed by atoms with Crippen LogP contribution < -0.4 is 19.8 Å². The number of ether oxygens (including phenoxy) is 2. The monoisotopic (exact) mass is 624 g/mol. The van der Waals surface area contributed by atoms with Crippen LogP contribution in [0.3, 0.4) is 0 Å². The summed E-state index contributed by atoms with van der Waals surface area (Å²) >= 11 is 4.54. The Labute approximate surface area is 244 Å². The van der Waals surface area contributed by atoms with E-state index in [1.54, 1.807) is 44.4 Å². The summed E-state index contributed by atoms with van der Waals surface area (Å²) in [6, 6.07) is 9.63. The van der Waals surface area contributed by atoms with E-state index in [2.05, 4.69) is 27.8 Å². The first-order chi connectivity index (χ1) is 19.2. The Morgan fingerprint density at radius 1 is 1.12 bits per heavy atom. The molecule has 1 aliphatic heterocycles. The van der Waals surface area contributed by atoms with Crippen LogP contribution in [0.2, 0.25) is 0 Å². The number of methoxy groups -OCH3 is 1. The van der Waals surface area contributed by atoms with Gasteiger partial charge in [0, 0.05) is 11.4 Å². The van der Waals surface area contributed by atoms with Crippen molar-refractivity contribution >= 4 is 55.1 Å². The molecule has 1 aliphatic rings. The zero-order chi connectivity index (χ0) is 28.6. The first-order valence-electron chi connectivity index (χ1n) is 13.1. The van der Waals surface area contributed by atoms with Gasteiger partial charge in [-0.1, -0.05) is 59.5 Å². The summed E-state index contributed by atoms with van der Waals surface area (Å²) in [5, 5.41) is 0.662. The summed E-state index contributed by atoms with van der Waals surface area (Å²) in [7, 11) is 1.55. The van der Waals surface area contributed by atoms with Gasteiger partial charge in [-0.05, 0) is 49.2 Å². The maximum Gasteiger partial charge on any atom is 0.297 e. The Bertz CT molecular complexity index is 1680. The molecule has 0 aliphatic carbocycles. The predicted molar refractivity (Wildman–Crippen MR) is 158 cm³/mol. The van der Waals surface area contributed by atoms with E-state index in [9.17, 15) is 14.4 Å². The number of carbonyl (C=O) groups is 2. The Balaban J connectivity index is 1.65. The number of anilines is 1. The fourth-order valence-corrected chi connectivity index (χ4v) is 6.30. The van der Waals surface area contributed by atoms with E-state index in [4.69, 9.17) is 13.9 Å². The van der Waals surface area contributed by atoms with E-state index in [0.717, 1.165) is 37.0 Å². The molecule has 1 amide bonds. The molecule has 40 heavy (non-hydrogen) atoms. The number of hydrogen-bond donors (Lipinski definition) is 0. The molecule has 0 fully saturated rings. The molecule has 208 valence electrons. The number of benzene rings is 2. The quantitative estimate of drug-likeness (QED) is 0.135. The highest BCUT2D eigenvalue weighted by Gasteiger charge is 2.45. The fraction of sp³-hybridized carbons (Fsp3) is 0.333. The number of carbonyl (C=O) groups excluding carboxylic acids is 2. The second kappa shape index (κ2) is 11.5. The molecule has 0 N–H and O–H groups in total. The van der Waals surface area contributed by atoms with Gasteiger partial charge < -0.3 is 13.9 Å². The van der Waals surface area contributed by atoms with Crippen molar-refractivity contribution in [1.82, 2.24) is 4.98 Å². The van der Waals surface area contributed by atoms with Gasteiger partial charge in [0.05, 0.1) is 41.3 Å². The van der Waals surface area contributed by atoms with Crippen molar-refractivity contribution in [3.05, 3.63) is 78.6 Å². The molecular formula is C30H29BrN2O6S. The topological polar surface area (TPSA) is 98.9 Å². The summed E-state index contributed by atoms with van der Waals surface area (Å²) in [5.74, 6) is 0.380. The standard InChI is InChI=1S/C30H29BrN2O6S/c1-5-6-7-8-13-38-22-11-9-18(14-23(22)37-4)25-24-26(35)20-15-19(31)10-12-21(20)39-27(24)29(36)33(25)30-32-16(2)28(40-30)17(3)34/h9-12,14-15,25H,5-8,13H2,1-4H3. The Morgan fingerprint density at radius 2 is 1.93 bits per heavy atom. The average Bonchev–Trinajstić information content (AvgIpc) is 3.46. The van der Waals surface area contributed by atoms with Gasteiger partial charge in [0.2, 0.25) is 5.76 Å². The van der Waals surface area contributed by atoms with E-state index in [0.29, 0.717) is 54.8 Å². The number of rotatable bonds is 10. The molecule has 10 heteroatoms. The number of aryl methyl sites for hydroxylation is 1. The molecular weight excluding hydrogens is 596 g/mol. The van der Waals surface area contributed by atoms with Gasteiger partial charge in [-0.2, -0.15) is 0 Å². The van der Waals surface area contributed by atoms with Crippen LogP contribution in [0.1, 0.15) is 82.6 Å². The third-order valence-electron chi connectivity index (χ3n) is 6.90. The number of halogens is 1. The molecule has 1 unspecified atom stereocenters. The lowest BCUT2D eigenvalue weighted by molar-refractivity contribution is 0.0969. The van der Waals surface area contributed by atoms with Crippen LogP contribution in [0.4, 0.5) is 5.13 Å². The van der Waals surface area contributed by atoms with Crippen LogP contribution >= 0.6 is 27.3 Å². The number of amides is 1. The molecule has 8 nitrogen and oxygen atoms in total. The third-order valence-corrected chi connectivity index (χ3v) is 8.65. The molecule has 1 atom stereocenters. The van der Waals surface area contributed by atoms with Gasteiger partial charge in [-0.3, -0.25) is 19.3 Å². The average molecular weight is 626 g/mol. The molecule has 4 aromatic rings. The van der Waals surface area contributed by atoms with Crippen molar-refractivity contribution in [3.63, 3.8) is 0 Å². The molecule has 0 radical (unpaired) electrons. The molecule has 3 heterocycles. The zero-order valence-corrected chi connectivity index (χ0v) is 25.1. The van der Waals surface area contributed by atoms with Crippen molar-refractivity contribution in [2.24, 2.45) is 0 Å². The Kier molecular flexibility index (Phi) is 8.09. The van der Waals surface area contributed by atoms with Crippen molar-refractivity contribution in [2.75, 3.05) is 18.6 Å². The molecule has 0 saturated heterocycles. The first-order valence-corrected chi connectivity index (χ1v) is 14.7. The number of ketones is 1. The minimum atomic E-state index is -0.847. The number of aromatic nitrogens is 1. The summed E-state index contributed by atoms with van der Waals surface area (Å²) in [6.07, 6.45) is 4.31. The van der Waals surface area contributed by atoms with Crippen molar-refractivity contribution in [1.29, 1.82) is 0 Å². The summed E-state index contributed by atoms with van der Waals surface area (Å²) in [6.45, 7) is 5.91. The molecule has 2 aromatic carbocycles. The lowest BCUT2D eigenvalue weighted by Crippen LogP contribution is -2.29. The predicted octanol–water partition coefficient (Wildman–Crippen LogP) is 7.24. The zero-order valence-electron chi connectivity index (χ0n) is 22.7. The number of hydrogen-bond acceptors (Lipinski definition) is 8. The van der Waals surface area contributed by atoms with Crippen molar-refractivity contribution < 1.29 is 23.5 Å². The van der Waals surface area contributed by atoms with Crippen LogP contribution in [0.5, 0.6) is 11.5 Å². The van der Waals surface area contributed by atoms with Gasteiger partial charge in [-0.15, -0.1) is 0 Å². The smallest absolute Gasteiger partial charge is 0.297 e. The van der Waals surface area contributed by atoms with Crippen molar-refractivity contribution in [2.45, 2.75) is 52.5 Å². The van der Waals surface area contributed by atoms with Crippen LogP contribution in [0.25, 0.3) is 11.0 Å². The third kappa shape index (κ3) is 5.06. The lowest BCUT2D eigenvalue weighted by atomic mass is 9.98. The maximum atomic E-state index is 13.9. The highest BCUT2D eigenvalue weighted by Crippen LogP contribution is 2.45.